The van der Waals surface area contributed by atoms with Crippen LogP contribution in [0.5, 0.6) is 5.88 Å². The van der Waals surface area contributed by atoms with E-state index in [-0.39, 0.29) is 11.7 Å². The maximum atomic E-state index is 13.3. The molecule has 0 aliphatic carbocycles. The highest BCUT2D eigenvalue weighted by Gasteiger charge is 2.19. The number of carbonyl (C=O) groups excluding carboxylic acids is 1. The summed E-state index contributed by atoms with van der Waals surface area (Å²) in [7, 11) is 5.16. The van der Waals surface area contributed by atoms with Gasteiger partial charge in [-0.3, -0.25) is 4.79 Å². The van der Waals surface area contributed by atoms with Crippen LogP contribution in [-0.2, 0) is 24.8 Å². The zero-order chi connectivity index (χ0) is 20.4. The third-order valence-corrected chi connectivity index (χ3v) is 5.04. The number of hydrogen-bond acceptors (Lipinski definition) is 4. The van der Waals surface area contributed by atoms with Gasteiger partial charge in [0.1, 0.15) is 5.82 Å². The maximum absolute atomic E-state index is 13.3. The quantitative estimate of drug-likeness (QED) is 0.654. The first-order valence-corrected chi connectivity index (χ1v) is 9.17. The van der Waals surface area contributed by atoms with E-state index in [0.29, 0.717) is 25.3 Å². The molecule has 2 aromatic heterocycles. The zero-order valence-electron chi connectivity index (χ0n) is 16.9. The van der Waals surface area contributed by atoms with Gasteiger partial charge < -0.3 is 9.64 Å². The molecule has 0 aliphatic rings. The molecular weight excluding hydrogens is 359 g/mol. The monoisotopic (exact) mass is 384 g/mol. The van der Waals surface area contributed by atoms with Crippen LogP contribution in [0.15, 0.2) is 24.3 Å². The van der Waals surface area contributed by atoms with Crippen molar-refractivity contribution >= 4 is 16.9 Å². The predicted molar refractivity (Wildman–Crippen MR) is 106 cm³/mol. The number of fused-ring (bicyclic) bond motifs is 1. The Morgan fingerprint density at radius 2 is 2.07 bits per heavy atom. The number of halogens is 1. The number of ether oxygens (including phenoxy) is 1. The molecule has 0 spiro atoms. The van der Waals surface area contributed by atoms with Crippen LogP contribution in [0.2, 0.25) is 0 Å². The summed E-state index contributed by atoms with van der Waals surface area (Å²) in [6.07, 6.45) is 0.925. The lowest BCUT2D eigenvalue weighted by Crippen LogP contribution is -2.26. The van der Waals surface area contributed by atoms with E-state index in [2.05, 4.69) is 10.1 Å². The second-order valence-corrected chi connectivity index (χ2v) is 7.01. The highest BCUT2D eigenvalue weighted by molar-refractivity contribution is 5.86. The number of carbonyl (C=O) groups is 1. The van der Waals surface area contributed by atoms with Crippen molar-refractivity contribution in [1.29, 1.82) is 0 Å². The molecular formula is C21H25FN4O2. The van der Waals surface area contributed by atoms with Crippen LogP contribution in [0, 0.1) is 19.7 Å². The van der Waals surface area contributed by atoms with Gasteiger partial charge in [0.05, 0.1) is 12.5 Å². The van der Waals surface area contributed by atoms with Gasteiger partial charge in [-0.2, -0.15) is 0 Å². The van der Waals surface area contributed by atoms with Crippen LogP contribution in [0.25, 0.3) is 11.0 Å². The second kappa shape index (κ2) is 7.96. The Hall–Kier alpha value is -2.96. The predicted octanol–water partition coefficient (Wildman–Crippen LogP) is 3.32. The van der Waals surface area contributed by atoms with Crippen molar-refractivity contribution in [2.24, 2.45) is 7.05 Å². The van der Waals surface area contributed by atoms with Crippen LogP contribution in [-0.4, -0.2) is 39.7 Å². The van der Waals surface area contributed by atoms with E-state index in [1.807, 2.05) is 27.0 Å². The van der Waals surface area contributed by atoms with Gasteiger partial charge in [-0.25, -0.2) is 14.1 Å². The molecule has 1 amide bonds. The van der Waals surface area contributed by atoms with Crippen molar-refractivity contribution in [2.45, 2.75) is 33.2 Å². The third kappa shape index (κ3) is 3.83. The Kier molecular flexibility index (Phi) is 5.63. The third-order valence-electron chi connectivity index (χ3n) is 5.04. The van der Waals surface area contributed by atoms with Gasteiger partial charge in [0.15, 0.2) is 5.65 Å². The number of hydrogen-bond donors (Lipinski definition) is 0. The summed E-state index contributed by atoms with van der Waals surface area (Å²) in [6.45, 7) is 4.34. The van der Waals surface area contributed by atoms with Gasteiger partial charge in [-0.05, 0) is 49.1 Å². The lowest BCUT2D eigenvalue weighted by Gasteiger charge is -2.18. The van der Waals surface area contributed by atoms with E-state index >= 15 is 0 Å². The van der Waals surface area contributed by atoms with E-state index in [4.69, 9.17) is 4.74 Å². The second-order valence-electron chi connectivity index (χ2n) is 7.01. The van der Waals surface area contributed by atoms with E-state index in [1.54, 1.807) is 29.8 Å². The van der Waals surface area contributed by atoms with Gasteiger partial charge in [0, 0.05) is 32.8 Å². The Balaban J connectivity index is 1.76. The lowest BCUT2D eigenvalue weighted by molar-refractivity contribution is -0.130. The van der Waals surface area contributed by atoms with Crippen LogP contribution in [0.3, 0.4) is 0 Å². The first-order chi connectivity index (χ1) is 13.3. The molecule has 0 radical (unpaired) electrons. The molecule has 0 aliphatic heterocycles. The molecule has 0 fully saturated rings. The van der Waals surface area contributed by atoms with Gasteiger partial charge in [0.2, 0.25) is 11.8 Å². The summed E-state index contributed by atoms with van der Waals surface area (Å²) >= 11 is 0. The molecule has 0 saturated carbocycles. The standard InChI is InChI=1S/C21H25FN4O2/c1-13-17(14(2)23-20-19(13)21(28-5)24-26(20)4)9-10-18(27)25(3)12-15-7-6-8-16(22)11-15/h6-8,11H,9-10,12H2,1-5H3. The van der Waals surface area contributed by atoms with Crippen molar-refractivity contribution in [2.75, 3.05) is 14.2 Å². The highest BCUT2D eigenvalue weighted by Crippen LogP contribution is 2.30. The Bertz CT molecular complexity index is 1030. The summed E-state index contributed by atoms with van der Waals surface area (Å²) < 4.78 is 20.4. The molecule has 0 unspecified atom stereocenters. The smallest absolute Gasteiger partial charge is 0.242 e. The summed E-state index contributed by atoms with van der Waals surface area (Å²) in [5.74, 6) is 0.244. The number of methoxy groups -OCH3 is 1. The number of pyridine rings is 1. The summed E-state index contributed by atoms with van der Waals surface area (Å²) in [6, 6.07) is 6.31. The van der Waals surface area contributed by atoms with Crippen molar-refractivity contribution < 1.29 is 13.9 Å². The van der Waals surface area contributed by atoms with Crippen molar-refractivity contribution in [3.05, 3.63) is 52.5 Å². The molecule has 2 heterocycles. The molecule has 0 bridgehead atoms. The molecule has 0 N–H and O–H groups in total. The van der Waals surface area contributed by atoms with Crippen molar-refractivity contribution in [3.63, 3.8) is 0 Å². The fourth-order valence-electron chi connectivity index (χ4n) is 3.53. The van der Waals surface area contributed by atoms with Gasteiger partial charge >= 0.3 is 0 Å². The van der Waals surface area contributed by atoms with Gasteiger partial charge in [-0.1, -0.05) is 12.1 Å². The molecule has 0 atom stereocenters. The fourth-order valence-corrected chi connectivity index (χ4v) is 3.53. The van der Waals surface area contributed by atoms with Crippen LogP contribution < -0.4 is 4.74 Å². The van der Waals surface area contributed by atoms with Crippen LogP contribution in [0.4, 0.5) is 4.39 Å². The summed E-state index contributed by atoms with van der Waals surface area (Å²) in [5, 5.41) is 5.24. The molecule has 28 heavy (non-hydrogen) atoms. The Morgan fingerprint density at radius 1 is 1.32 bits per heavy atom. The number of aryl methyl sites for hydroxylation is 3. The molecule has 148 valence electrons. The average Bonchev–Trinajstić information content (AvgIpc) is 2.97. The SMILES string of the molecule is COc1nn(C)c2nc(C)c(CCC(=O)N(C)Cc3cccc(F)c3)c(C)c12. The van der Waals surface area contributed by atoms with Crippen molar-refractivity contribution in [1.82, 2.24) is 19.7 Å². The number of benzene rings is 1. The normalized spacial score (nSPS) is 11.1. The summed E-state index contributed by atoms with van der Waals surface area (Å²) in [4.78, 5) is 18.9. The highest BCUT2D eigenvalue weighted by atomic mass is 19.1. The molecule has 6 nitrogen and oxygen atoms in total. The van der Waals surface area contributed by atoms with Crippen LogP contribution in [0.1, 0.15) is 28.8 Å². The topological polar surface area (TPSA) is 60.2 Å². The molecule has 0 saturated heterocycles. The largest absolute Gasteiger partial charge is 0.479 e. The van der Waals surface area contributed by atoms with E-state index in [1.165, 1.54) is 12.1 Å². The zero-order valence-corrected chi connectivity index (χ0v) is 16.9. The molecule has 3 aromatic rings. The number of nitrogens with zero attached hydrogens (tertiary/aromatic N) is 4. The fraction of sp³-hybridized carbons (Fsp3) is 0.381. The number of aromatic nitrogens is 3. The first kappa shape index (κ1) is 19.8. The Morgan fingerprint density at radius 3 is 2.75 bits per heavy atom. The minimum absolute atomic E-state index is 0.00121. The van der Waals surface area contributed by atoms with E-state index in [0.717, 1.165) is 33.4 Å². The molecule has 3 rings (SSSR count). The van der Waals surface area contributed by atoms with Crippen molar-refractivity contribution in [3.8, 4) is 5.88 Å². The Labute approximate surface area is 163 Å². The van der Waals surface area contributed by atoms with E-state index < -0.39 is 0 Å². The minimum atomic E-state index is -0.297. The maximum Gasteiger partial charge on any atom is 0.242 e. The van der Waals surface area contributed by atoms with Gasteiger partial charge in [-0.15, -0.1) is 5.10 Å². The average molecular weight is 384 g/mol. The first-order valence-electron chi connectivity index (χ1n) is 9.17. The lowest BCUT2D eigenvalue weighted by atomic mass is 10.00. The minimum Gasteiger partial charge on any atom is -0.479 e. The van der Waals surface area contributed by atoms with Gasteiger partial charge in [0.25, 0.3) is 0 Å². The number of amides is 1. The molecule has 1 aromatic carbocycles. The molecule has 7 heteroatoms. The van der Waals surface area contributed by atoms with E-state index in [9.17, 15) is 9.18 Å². The van der Waals surface area contributed by atoms with Crippen LogP contribution >= 0.6 is 0 Å². The number of rotatable bonds is 6. The summed E-state index contributed by atoms with van der Waals surface area (Å²) in [5.41, 5.74) is 4.49.